The van der Waals surface area contributed by atoms with Gasteiger partial charge in [-0.3, -0.25) is 5.10 Å². The summed E-state index contributed by atoms with van der Waals surface area (Å²) in [4.78, 5) is 0.362. The lowest BCUT2D eigenvalue weighted by molar-refractivity contribution is 0.561. The van der Waals surface area contributed by atoms with Gasteiger partial charge in [-0.25, -0.2) is 8.42 Å². The molecule has 0 spiro atoms. The predicted molar refractivity (Wildman–Crippen MR) is 88.9 cm³/mol. The summed E-state index contributed by atoms with van der Waals surface area (Å²) in [6, 6.07) is 5.39. The Morgan fingerprint density at radius 1 is 1.27 bits per heavy atom. The molecule has 22 heavy (non-hydrogen) atoms. The monoisotopic (exact) mass is 321 g/mol. The number of H-pyrrole nitrogens is 1. The Labute approximate surface area is 132 Å². The highest BCUT2D eigenvalue weighted by molar-refractivity contribution is 7.90. The number of benzene rings is 1. The molecule has 2 rings (SSSR count). The highest BCUT2D eigenvalue weighted by Gasteiger charge is 2.20. The molecule has 0 radical (unpaired) electrons. The zero-order valence-electron chi connectivity index (χ0n) is 13.7. The van der Waals surface area contributed by atoms with Gasteiger partial charge < -0.3 is 5.32 Å². The first-order valence-corrected chi connectivity index (χ1v) is 9.05. The van der Waals surface area contributed by atoms with Crippen LogP contribution in [-0.4, -0.2) is 24.9 Å². The van der Waals surface area contributed by atoms with Crippen molar-refractivity contribution in [2.75, 3.05) is 11.6 Å². The van der Waals surface area contributed by atoms with Gasteiger partial charge in [0.05, 0.1) is 11.1 Å². The van der Waals surface area contributed by atoms with Gasteiger partial charge >= 0.3 is 0 Å². The van der Waals surface area contributed by atoms with E-state index in [1.807, 2.05) is 12.1 Å². The lowest BCUT2D eigenvalue weighted by Gasteiger charge is -2.19. The molecule has 2 N–H and O–H groups in total. The van der Waals surface area contributed by atoms with Crippen molar-refractivity contribution in [3.05, 3.63) is 41.2 Å². The maximum atomic E-state index is 11.8. The number of sulfone groups is 1. The molecule has 0 bridgehead atoms. The van der Waals surface area contributed by atoms with Gasteiger partial charge in [0.2, 0.25) is 0 Å². The van der Waals surface area contributed by atoms with Gasteiger partial charge in [0.15, 0.2) is 9.84 Å². The lowest BCUT2D eigenvalue weighted by Crippen LogP contribution is -2.15. The third kappa shape index (κ3) is 3.68. The SMILES string of the molecule is Cc1ccc(NCc2cn[nH]c2C(C)(C)C)cc1S(C)(=O)=O. The maximum absolute atomic E-state index is 11.8. The topological polar surface area (TPSA) is 74.8 Å². The molecular formula is C16H23N3O2S. The molecule has 0 aliphatic carbocycles. The van der Waals surface area contributed by atoms with E-state index >= 15 is 0 Å². The molecule has 2 aromatic rings. The van der Waals surface area contributed by atoms with Crippen molar-refractivity contribution in [2.45, 2.75) is 44.6 Å². The largest absolute Gasteiger partial charge is 0.381 e. The van der Waals surface area contributed by atoms with E-state index in [9.17, 15) is 8.42 Å². The molecule has 0 aliphatic heterocycles. The fourth-order valence-corrected chi connectivity index (χ4v) is 3.40. The van der Waals surface area contributed by atoms with Gasteiger partial charge in [-0.05, 0) is 24.6 Å². The Balaban J connectivity index is 2.22. The van der Waals surface area contributed by atoms with Crippen LogP contribution in [0, 0.1) is 6.92 Å². The van der Waals surface area contributed by atoms with Crippen LogP contribution < -0.4 is 5.32 Å². The molecule has 6 heteroatoms. The van der Waals surface area contributed by atoms with Gasteiger partial charge in [0.25, 0.3) is 0 Å². The normalized spacial score (nSPS) is 12.4. The zero-order chi connectivity index (χ0) is 16.5. The summed E-state index contributed by atoms with van der Waals surface area (Å²) in [6.45, 7) is 8.76. The smallest absolute Gasteiger partial charge is 0.175 e. The molecule has 1 aromatic heterocycles. The molecule has 0 aliphatic rings. The fourth-order valence-electron chi connectivity index (χ4n) is 2.40. The second kappa shape index (κ2) is 5.76. The Morgan fingerprint density at radius 2 is 1.95 bits per heavy atom. The number of nitrogens with zero attached hydrogens (tertiary/aromatic N) is 1. The summed E-state index contributed by atoms with van der Waals surface area (Å²) in [5, 5.41) is 10.4. The number of anilines is 1. The number of rotatable bonds is 4. The summed E-state index contributed by atoms with van der Waals surface area (Å²) in [6.07, 6.45) is 3.03. The molecule has 0 saturated carbocycles. The van der Waals surface area contributed by atoms with E-state index in [0.29, 0.717) is 11.4 Å². The van der Waals surface area contributed by atoms with Crippen molar-refractivity contribution in [1.29, 1.82) is 0 Å². The van der Waals surface area contributed by atoms with Crippen molar-refractivity contribution in [3.63, 3.8) is 0 Å². The zero-order valence-corrected chi connectivity index (χ0v) is 14.5. The number of hydrogen-bond acceptors (Lipinski definition) is 4. The van der Waals surface area contributed by atoms with Crippen molar-refractivity contribution < 1.29 is 8.42 Å². The molecule has 5 nitrogen and oxygen atoms in total. The van der Waals surface area contributed by atoms with Gasteiger partial charge in [-0.15, -0.1) is 0 Å². The molecule has 1 aromatic carbocycles. The van der Waals surface area contributed by atoms with Gasteiger partial charge in [0.1, 0.15) is 0 Å². The van der Waals surface area contributed by atoms with Crippen LogP contribution in [0.4, 0.5) is 5.69 Å². The number of nitrogens with one attached hydrogen (secondary N) is 2. The molecule has 0 saturated heterocycles. The van der Waals surface area contributed by atoms with E-state index in [-0.39, 0.29) is 5.41 Å². The molecule has 0 amide bonds. The summed E-state index contributed by atoms with van der Waals surface area (Å²) in [5.74, 6) is 0. The number of aromatic nitrogens is 2. The highest BCUT2D eigenvalue weighted by Crippen LogP contribution is 2.25. The Kier molecular flexibility index (Phi) is 4.33. The third-order valence-corrected chi connectivity index (χ3v) is 4.78. The van der Waals surface area contributed by atoms with Crippen LogP contribution in [0.3, 0.4) is 0 Å². The van der Waals surface area contributed by atoms with Crippen LogP contribution in [0.2, 0.25) is 0 Å². The van der Waals surface area contributed by atoms with Crippen LogP contribution in [0.25, 0.3) is 0 Å². The molecule has 0 unspecified atom stereocenters. The van der Waals surface area contributed by atoms with E-state index < -0.39 is 9.84 Å². The second-order valence-corrected chi connectivity index (χ2v) is 8.61. The van der Waals surface area contributed by atoms with E-state index in [4.69, 9.17) is 0 Å². The van der Waals surface area contributed by atoms with Gasteiger partial charge in [-0.1, -0.05) is 26.8 Å². The van der Waals surface area contributed by atoms with Crippen LogP contribution in [0.15, 0.2) is 29.3 Å². The fraction of sp³-hybridized carbons (Fsp3) is 0.438. The van der Waals surface area contributed by atoms with Crippen LogP contribution in [-0.2, 0) is 21.8 Å². The van der Waals surface area contributed by atoms with Crippen molar-refractivity contribution in [3.8, 4) is 0 Å². The van der Waals surface area contributed by atoms with E-state index in [0.717, 1.165) is 22.5 Å². The summed E-state index contributed by atoms with van der Waals surface area (Å²) >= 11 is 0. The van der Waals surface area contributed by atoms with Crippen molar-refractivity contribution in [2.24, 2.45) is 0 Å². The van der Waals surface area contributed by atoms with Gasteiger partial charge in [-0.2, -0.15) is 5.10 Å². The summed E-state index contributed by atoms with van der Waals surface area (Å²) < 4.78 is 23.6. The quantitative estimate of drug-likeness (QED) is 0.907. The average Bonchev–Trinajstić information content (AvgIpc) is 2.84. The minimum atomic E-state index is -3.22. The average molecular weight is 321 g/mol. The Hall–Kier alpha value is -1.82. The number of aryl methyl sites for hydroxylation is 1. The lowest BCUT2D eigenvalue weighted by atomic mass is 9.89. The van der Waals surface area contributed by atoms with Gasteiger partial charge in [0, 0.05) is 35.2 Å². The molecule has 1 heterocycles. The Morgan fingerprint density at radius 3 is 2.55 bits per heavy atom. The van der Waals surface area contributed by atoms with Crippen LogP contribution >= 0.6 is 0 Å². The number of aromatic amines is 1. The van der Waals surface area contributed by atoms with Crippen LogP contribution in [0.5, 0.6) is 0 Å². The van der Waals surface area contributed by atoms with E-state index in [1.54, 1.807) is 19.2 Å². The first kappa shape index (κ1) is 16.5. The van der Waals surface area contributed by atoms with E-state index in [2.05, 4.69) is 36.3 Å². The molecule has 120 valence electrons. The third-order valence-electron chi connectivity index (χ3n) is 3.54. The van der Waals surface area contributed by atoms with Crippen LogP contribution in [0.1, 0.15) is 37.6 Å². The predicted octanol–water partition coefficient (Wildman–Crippen LogP) is 3.03. The highest BCUT2D eigenvalue weighted by atomic mass is 32.2. The molecule has 0 atom stereocenters. The summed E-state index contributed by atoms with van der Waals surface area (Å²) in [7, 11) is -3.22. The van der Waals surface area contributed by atoms with Crippen molar-refractivity contribution >= 4 is 15.5 Å². The van der Waals surface area contributed by atoms with E-state index in [1.165, 1.54) is 6.26 Å². The standard InChI is InChI=1S/C16H23N3O2S/c1-11-6-7-13(8-14(11)22(5,20)21)17-9-12-10-18-19-15(12)16(2,3)4/h6-8,10,17H,9H2,1-5H3,(H,18,19). The first-order chi connectivity index (χ1) is 10.1. The minimum Gasteiger partial charge on any atom is -0.381 e. The minimum absolute atomic E-state index is 0.0152. The molecule has 0 fully saturated rings. The molecular weight excluding hydrogens is 298 g/mol. The number of hydrogen-bond donors (Lipinski definition) is 2. The van der Waals surface area contributed by atoms with Crippen molar-refractivity contribution in [1.82, 2.24) is 10.2 Å². The second-order valence-electron chi connectivity index (χ2n) is 6.63. The maximum Gasteiger partial charge on any atom is 0.175 e. The Bertz CT molecular complexity index is 771. The first-order valence-electron chi connectivity index (χ1n) is 7.16. The summed E-state index contributed by atoms with van der Waals surface area (Å²) in [5.41, 5.74) is 3.68.